The monoisotopic (exact) mass is 292 g/mol. The summed E-state index contributed by atoms with van der Waals surface area (Å²) in [5.41, 5.74) is 2.50. The van der Waals surface area contributed by atoms with Gasteiger partial charge in [0.15, 0.2) is 0 Å². The molecule has 0 N–H and O–H groups in total. The summed E-state index contributed by atoms with van der Waals surface area (Å²) in [5, 5.41) is 2.13. The molecule has 0 radical (unpaired) electrons. The molecule has 4 heteroatoms. The highest BCUT2D eigenvalue weighted by Gasteiger charge is 2.10. The Kier molecular flexibility index (Phi) is 4.29. The van der Waals surface area contributed by atoms with Crippen molar-refractivity contribution in [2.45, 2.75) is 19.9 Å². The molecule has 0 aliphatic carbocycles. The number of morpholine rings is 1. The van der Waals surface area contributed by atoms with Gasteiger partial charge in [-0.3, -0.25) is 4.90 Å². The minimum atomic E-state index is 0.822. The molecule has 1 fully saturated rings. The summed E-state index contributed by atoms with van der Waals surface area (Å²) in [5.74, 6) is 0. The standard InChI is InChI=1S/C16H21ClN2O/c1-13-11-14(17)12-16-15(13)3-6-19(16)5-2-4-18-7-9-20-10-8-18/h3,6,11-12H,2,4-5,7-10H2,1H3. The van der Waals surface area contributed by atoms with Crippen LogP contribution >= 0.6 is 11.6 Å². The van der Waals surface area contributed by atoms with Gasteiger partial charge in [-0.05, 0) is 37.1 Å². The molecule has 1 aliphatic rings. The maximum atomic E-state index is 6.17. The van der Waals surface area contributed by atoms with E-state index in [2.05, 4.69) is 34.7 Å². The van der Waals surface area contributed by atoms with Crippen LogP contribution in [0.4, 0.5) is 0 Å². The zero-order valence-electron chi connectivity index (χ0n) is 11.9. The lowest BCUT2D eigenvalue weighted by molar-refractivity contribution is 0.0370. The number of hydrogen-bond acceptors (Lipinski definition) is 2. The Labute approximate surface area is 125 Å². The van der Waals surface area contributed by atoms with Crippen LogP contribution in [-0.4, -0.2) is 42.3 Å². The molecular formula is C16H21ClN2O. The number of nitrogens with zero attached hydrogens (tertiary/aromatic N) is 2. The Morgan fingerprint density at radius 3 is 2.80 bits per heavy atom. The first-order valence-electron chi connectivity index (χ1n) is 7.29. The number of benzene rings is 1. The second-order valence-electron chi connectivity index (χ2n) is 5.47. The van der Waals surface area contributed by atoms with Gasteiger partial charge >= 0.3 is 0 Å². The predicted octanol–water partition coefficient (Wildman–Crippen LogP) is 3.33. The lowest BCUT2D eigenvalue weighted by atomic mass is 10.1. The molecule has 1 aliphatic heterocycles. The fraction of sp³-hybridized carbons (Fsp3) is 0.500. The highest BCUT2D eigenvalue weighted by molar-refractivity contribution is 6.31. The minimum absolute atomic E-state index is 0.822. The number of ether oxygens (including phenoxy) is 1. The third-order valence-corrected chi connectivity index (χ3v) is 4.26. The maximum Gasteiger partial charge on any atom is 0.0594 e. The average Bonchev–Trinajstić information content (AvgIpc) is 2.83. The lowest BCUT2D eigenvalue weighted by Gasteiger charge is -2.26. The topological polar surface area (TPSA) is 17.4 Å². The van der Waals surface area contributed by atoms with Crippen LogP contribution in [0.25, 0.3) is 10.9 Å². The van der Waals surface area contributed by atoms with Crippen LogP contribution in [0.3, 0.4) is 0 Å². The minimum Gasteiger partial charge on any atom is -0.379 e. The number of rotatable bonds is 4. The van der Waals surface area contributed by atoms with Crippen molar-refractivity contribution in [2.24, 2.45) is 0 Å². The number of aryl methyl sites for hydroxylation is 2. The molecular weight excluding hydrogens is 272 g/mol. The summed E-state index contributed by atoms with van der Waals surface area (Å²) in [6.07, 6.45) is 3.34. The summed E-state index contributed by atoms with van der Waals surface area (Å²) in [6.45, 7) is 8.19. The normalized spacial score (nSPS) is 16.9. The Morgan fingerprint density at radius 1 is 1.20 bits per heavy atom. The quantitative estimate of drug-likeness (QED) is 0.860. The third kappa shape index (κ3) is 3.00. The first-order chi connectivity index (χ1) is 9.74. The smallest absolute Gasteiger partial charge is 0.0594 e. The van der Waals surface area contributed by atoms with Crippen LogP contribution in [0, 0.1) is 6.92 Å². The van der Waals surface area contributed by atoms with E-state index in [0.29, 0.717) is 0 Å². The fourth-order valence-electron chi connectivity index (χ4n) is 2.92. The predicted molar refractivity (Wildman–Crippen MR) is 83.6 cm³/mol. The van der Waals surface area contributed by atoms with Gasteiger partial charge in [0.05, 0.1) is 13.2 Å². The maximum absolute atomic E-state index is 6.17. The van der Waals surface area contributed by atoms with E-state index < -0.39 is 0 Å². The fourth-order valence-corrected chi connectivity index (χ4v) is 3.19. The third-order valence-electron chi connectivity index (χ3n) is 4.04. The SMILES string of the molecule is Cc1cc(Cl)cc2c1ccn2CCCN1CCOCC1. The van der Waals surface area contributed by atoms with Gasteiger partial charge in [-0.25, -0.2) is 0 Å². The summed E-state index contributed by atoms with van der Waals surface area (Å²) in [7, 11) is 0. The van der Waals surface area contributed by atoms with Crippen LogP contribution in [0.1, 0.15) is 12.0 Å². The van der Waals surface area contributed by atoms with Gasteiger partial charge in [0.1, 0.15) is 0 Å². The van der Waals surface area contributed by atoms with Crippen molar-refractivity contribution in [1.82, 2.24) is 9.47 Å². The van der Waals surface area contributed by atoms with Gasteiger partial charge in [0.25, 0.3) is 0 Å². The molecule has 0 spiro atoms. The molecule has 108 valence electrons. The highest BCUT2D eigenvalue weighted by Crippen LogP contribution is 2.24. The molecule has 3 nitrogen and oxygen atoms in total. The Morgan fingerprint density at radius 2 is 2.00 bits per heavy atom. The molecule has 1 aromatic heterocycles. The molecule has 0 atom stereocenters. The van der Waals surface area contributed by atoms with Crippen molar-refractivity contribution in [3.63, 3.8) is 0 Å². The Bertz CT molecular complexity index is 587. The van der Waals surface area contributed by atoms with Crippen LogP contribution in [0.5, 0.6) is 0 Å². The van der Waals surface area contributed by atoms with E-state index in [1.165, 1.54) is 16.5 Å². The van der Waals surface area contributed by atoms with Gasteiger partial charge in [-0.15, -0.1) is 0 Å². The van der Waals surface area contributed by atoms with E-state index in [-0.39, 0.29) is 0 Å². The van der Waals surface area contributed by atoms with E-state index in [1.54, 1.807) is 0 Å². The van der Waals surface area contributed by atoms with Crippen molar-refractivity contribution >= 4 is 22.5 Å². The molecule has 1 aromatic carbocycles. The lowest BCUT2D eigenvalue weighted by Crippen LogP contribution is -2.37. The summed E-state index contributed by atoms with van der Waals surface area (Å²) in [4.78, 5) is 2.48. The van der Waals surface area contributed by atoms with Gasteiger partial charge in [0.2, 0.25) is 0 Å². The van der Waals surface area contributed by atoms with Crippen molar-refractivity contribution in [2.75, 3.05) is 32.8 Å². The van der Waals surface area contributed by atoms with Crippen molar-refractivity contribution < 1.29 is 4.74 Å². The van der Waals surface area contributed by atoms with E-state index in [4.69, 9.17) is 16.3 Å². The summed E-state index contributed by atoms with van der Waals surface area (Å²) >= 11 is 6.17. The van der Waals surface area contributed by atoms with E-state index >= 15 is 0 Å². The van der Waals surface area contributed by atoms with Crippen LogP contribution < -0.4 is 0 Å². The van der Waals surface area contributed by atoms with E-state index in [0.717, 1.165) is 50.8 Å². The molecule has 1 saturated heterocycles. The Balaban J connectivity index is 1.65. The number of fused-ring (bicyclic) bond motifs is 1. The molecule has 0 amide bonds. The molecule has 0 bridgehead atoms. The second kappa shape index (κ2) is 6.17. The van der Waals surface area contributed by atoms with E-state index in [9.17, 15) is 0 Å². The molecule has 3 rings (SSSR count). The first kappa shape index (κ1) is 13.9. The van der Waals surface area contributed by atoms with Gasteiger partial charge < -0.3 is 9.30 Å². The van der Waals surface area contributed by atoms with Crippen molar-refractivity contribution in [3.8, 4) is 0 Å². The number of aromatic nitrogens is 1. The molecule has 2 aromatic rings. The van der Waals surface area contributed by atoms with Crippen LogP contribution in [0.2, 0.25) is 5.02 Å². The Hall–Kier alpha value is -1.03. The second-order valence-corrected chi connectivity index (χ2v) is 5.91. The summed E-state index contributed by atoms with van der Waals surface area (Å²) < 4.78 is 7.69. The molecule has 0 unspecified atom stereocenters. The average molecular weight is 293 g/mol. The van der Waals surface area contributed by atoms with Crippen molar-refractivity contribution in [1.29, 1.82) is 0 Å². The van der Waals surface area contributed by atoms with Gasteiger partial charge in [-0.1, -0.05) is 11.6 Å². The number of halogens is 1. The van der Waals surface area contributed by atoms with Crippen LogP contribution in [0.15, 0.2) is 24.4 Å². The molecule has 2 heterocycles. The van der Waals surface area contributed by atoms with Gasteiger partial charge in [-0.2, -0.15) is 0 Å². The number of hydrogen-bond donors (Lipinski definition) is 0. The molecule has 20 heavy (non-hydrogen) atoms. The molecule has 0 saturated carbocycles. The highest BCUT2D eigenvalue weighted by atomic mass is 35.5. The van der Waals surface area contributed by atoms with E-state index in [1.807, 2.05) is 6.07 Å². The first-order valence-corrected chi connectivity index (χ1v) is 7.67. The zero-order valence-corrected chi connectivity index (χ0v) is 12.7. The van der Waals surface area contributed by atoms with Crippen LogP contribution in [-0.2, 0) is 11.3 Å². The van der Waals surface area contributed by atoms with Crippen molar-refractivity contribution in [3.05, 3.63) is 35.0 Å². The summed E-state index contributed by atoms with van der Waals surface area (Å²) in [6, 6.07) is 6.29. The largest absolute Gasteiger partial charge is 0.379 e. The zero-order chi connectivity index (χ0) is 13.9. The van der Waals surface area contributed by atoms with Gasteiger partial charge in [0, 0.05) is 48.3 Å².